The van der Waals surface area contributed by atoms with Crippen molar-refractivity contribution in [2.45, 2.75) is 175 Å². The Morgan fingerprint density at radius 1 is 0.597 bits per heavy atom. The average molecular weight is 1130 g/mol. The fourth-order valence-corrected chi connectivity index (χ4v) is 9.93. The van der Waals surface area contributed by atoms with E-state index in [1.165, 1.54) is 64.5 Å². The number of hydrogen-bond acceptors (Lipinski definition) is 13. The second-order valence-electron chi connectivity index (χ2n) is 19.3. The van der Waals surface area contributed by atoms with Gasteiger partial charge in [-0.2, -0.15) is 0 Å². The zero-order valence-corrected chi connectivity index (χ0v) is 51.8. The summed E-state index contributed by atoms with van der Waals surface area (Å²) in [4.78, 5) is 40.4. The summed E-state index contributed by atoms with van der Waals surface area (Å²) in [6.07, 6.45) is 8.11. The van der Waals surface area contributed by atoms with Gasteiger partial charge in [-0.3, -0.25) is 14.4 Å². The Balaban J connectivity index is 0.000000352. The van der Waals surface area contributed by atoms with Crippen molar-refractivity contribution < 1.29 is 37.7 Å². The summed E-state index contributed by atoms with van der Waals surface area (Å²) in [7, 11) is 8.16. The summed E-state index contributed by atoms with van der Waals surface area (Å²) >= 11 is 0. The molecule has 0 aliphatic rings. The van der Waals surface area contributed by atoms with Gasteiger partial charge in [-0.05, 0) is 159 Å². The normalized spacial score (nSPS) is 12.2. The van der Waals surface area contributed by atoms with E-state index in [9.17, 15) is 14.4 Å². The number of fused-ring (bicyclic) bond motifs is 1. The van der Waals surface area contributed by atoms with Crippen molar-refractivity contribution >= 4 is 72.2 Å². The molecule has 0 aliphatic carbocycles. The number of unbranched alkanes of at least 4 members (excludes halogenated alkanes) is 1. The van der Waals surface area contributed by atoms with Gasteiger partial charge >= 0.3 is 17.9 Å². The first-order valence-electron chi connectivity index (χ1n) is 27.4. The van der Waals surface area contributed by atoms with Crippen LogP contribution in [0, 0.1) is 17.3 Å². The van der Waals surface area contributed by atoms with Crippen LogP contribution in [0.1, 0.15) is 170 Å². The van der Waals surface area contributed by atoms with Crippen LogP contribution in [0.15, 0.2) is 147 Å². The van der Waals surface area contributed by atoms with E-state index in [-0.39, 0.29) is 35.2 Å². The molecule has 1 heterocycles. The fraction of sp³-hybridized carbons (Fsp3) is 0.469. The molecule has 422 valence electrons. The van der Waals surface area contributed by atoms with Gasteiger partial charge in [-0.1, -0.05) is 171 Å². The first-order valence-corrected chi connectivity index (χ1v) is 31.9. The van der Waals surface area contributed by atoms with E-state index in [4.69, 9.17) is 18.6 Å². The fourth-order valence-electron chi connectivity index (χ4n) is 6.08. The Hall–Kier alpha value is -4.82. The maximum absolute atomic E-state index is 11.8. The van der Waals surface area contributed by atoms with Crippen LogP contribution in [0.3, 0.4) is 0 Å². The molecule has 0 bridgehead atoms. The standard InChI is InChI=1S/C20H26OS2.C18H17NO3S2.C10H20O2.C10H14.C6H12O2/c1-4-14-22-23-20-12-10-19(11-13-20)21-15-17-6-8-18(9-7-17)16(3)5-2;1-3-12(2)17(20)21-13-8-10-14(11-9-13)23-24-18-19-15-6-4-5-7-16(15)22-18;1-5-7-8-12-9(11)10(3,4)6-2;1-3-9(2)10-7-5-4-6-8-10;1-4-5(2)6(7)8-3/h6-13,16H,4-5,14-15H2,1-3H3;4-12H,3H2,1-2H3;5-8H2,1-4H3;4-9H,3H2,1-2H3;5H,4H2,1-3H3. The Morgan fingerprint density at radius 3 is 1.66 bits per heavy atom. The Labute approximate surface area is 479 Å². The second kappa shape index (κ2) is 39.5. The smallest absolute Gasteiger partial charge is 0.314 e. The minimum absolute atomic E-state index is 0.0556. The van der Waals surface area contributed by atoms with Crippen molar-refractivity contribution in [3.8, 4) is 11.5 Å². The summed E-state index contributed by atoms with van der Waals surface area (Å²) in [6.45, 7) is 27.9. The molecular weight excluding hydrogens is 1040 g/mol. The first-order chi connectivity index (χ1) is 37.0. The van der Waals surface area contributed by atoms with E-state index in [2.05, 4.69) is 130 Å². The maximum atomic E-state index is 11.8. The lowest BCUT2D eigenvalue weighted by Gasteiger charge is -2.19. The van der Waals surface area contributed by atoms with Crippen LogP contribution in [0.4, 0.5) is 0 Å². The number of ether oxygens (including phenoxy) is 4. The van der Waals surface area contributed by atoms with Crippen molar-refractivity contribution in [3.05, 3.63) is 144 Å². The third-order valence-electron chi connectivity index (χ3n) is 12.7. The van der Waals surface area contributed by atoms with E-state index >= 15 is 0 Å². The SMILES string of the molecule is CCC(C)C(=O)OC.CCC(C)C(=O)Oc1ccc(SSc2nc3ccccc3o2)cc1.CCC(C)c1ccccc1.CCCCOC(=O)C(C)(C)CC.CCCSSc1ccc(OCc2ccc(C(C)CC)cc2)cc1. The number of methoxy groups -OCH3 is 1. The van der Waals surface area contributed by atoms with Crippen molar-refractivity contribution in [2.75, 3.05) is 19.5 Å². The molecule has 0 saturated carbocycles. The lowest BCUT2D eigenvalue weighted by molar-refractivity contribution is -0.154. The van der Waals surface area contributed by atoms with E-state index in [1.807, 2.05) is 106 Å². The highest BCUT2D eigenvalue weighted by Crippen LogP contribution is 2.39. The average Bonchev–Trinajstić information content (AvgIpc) is 3.90. The van der Waals surface area contributed by atoms with Crippen LogP contribution in [-0.2, 0) is 30.5 Å². The number of aromatic nitrogens is 1. The molecule has 0 amide bonds. The van der Waals surface area contributed by atoms with E-state index in [1.54, 1.807) is 22.9 Å². The monoisotopic (exact) mass is 1130 g/mol. The Kier molecular flexibility index (Phi) is 35.1. The number of benzene rings is 5. The third kappa shape index (κ3) is 27.6. The van der Waals surface area contributed by atoms with Crippen LogP contribution in [0.25, 0.3) is 11.1 Å². The highest BCUT2D eigenvalue weighted by atomic mass is 33.1. The van der Waals surface area contributed by atoms with Crippen molar-refractivity contribution in [1.82, 2.24) is 4.98 Å². The topological polar surface area (TPSA) is 114 Å². The number of rotatable bonds is 24. The number of carbonyl (C=O) groups excluding carboxylic acids is 3. The van der Waals surface area contributed by atoms with Gasteiger partial charge < -0.3 is 23.4 Å². The van der Waals surface area contributed by atoms with Gasteiger partial charge in [-0.25, -0.2) is 4.98 Å². The largest absolute Gasteiger partial charge is 0.489 e. The van der Waals surface area contributed by atoms with Gasteiger partial charge in [0, 0.05) is 26.3 Å². The maximum Gasteiger partial charge on any atom is 0.314 e. The molecule has 0 radical (unpaired) electrons. The minimum Gasteiger partial charge on any atom is -0.489 e. The predicted molar refractivity (Wildman–Crippen MR) is 328 cm³/mol. The van der Waals surface area contributed by atoms with Crippen molar-refractivity contribution in [2.24, 2.45) is 17.3 Å². The first kappa shape index (κ1) is 68.3. The summed E-state index contributed by atoms with van der Waals surface area (Å²) in [5.74, 6) is 3.60. The van der Waals surface area contributed by atoms with Crippen molar-refractivity contribution in [3.63, 3.8) is 0 Å². The lowest BCUT2D eigenvalue weighted by atomic mass is 9.91. The number of nitrogens with zero attached hydrogens (tertiary/aromatic N) is 1. The molecule has 6 aromatic rings. The molecular formula is C64H89NO8S4. The number of para-hydroxylation sites is 2. The number of oxazole rings is 1. The molecule has 9 nitrogen and oxygen atoms in total. The highest BCUT2D eigenvalue weighted by Gasteiger charge is 2.26. The molecule has 1 aromatic heterocycles. The van der Waals surface area contributed by atoms with E-state index < -0.39 is 0 Å². The van der Waals surface area contributed by atoms with Gasteiger partial charge in [0.1, 0.15) is 23.6 Å². The molecule has 0 spiro atoms. The summed E-state index contributed by atoms with van der Waals surface area (Å²) in [5.41, 5.74) is 5.40. The number of carbonyl (C=O) groups is 3. The van der Waals surface area contributed by atoms with Gasteiger partial charge in [0.2, 0.25) is 0 Å². The number of esters is 3. The Morgan fingerprint density at radius 2 is 1.14 bits per heavy atom. The summed E-state index contributed by atoms with van der Waals surface area (Å²) in [6, 6.07) is 42.9. The van der Waals surface area contributed by atoms with Crippen LogP contribution in [-0.4, -0.2) is 42.4 Å². The molecule has 0 aliphatic heterocycles. The summed E-state index contributed by atoms with van der Waals surface area (Å²) < 4.78 is 26.5. The third-order valence-corrected chi connectivity index (χ3v) is 17.4. The molecule has 4 unspecified atom stereocenters. The Bertz CT molecular complexity index is 2470. The molecule has 6 rings (SSSR count). The van der Waals surface area contributed by atoms with Gasteiger partial charge in [0.25, 0.3) is 5.22 Å². The van der Waals surface area contributed by atoms with Crippen LogP contribution >= 0.6 is 43.2 Å². The quantitative estimate of drug-likeness (QED) is 0.0248. The zero-order chi connectivity index (χ0) is 57.0. The minimum atomic E-state index is -0.312. The molecule has 5 aromatic carbocycles. The molecule has 0 fully saturated rings. The van der Waals surface area contributed by atoms with Gasteiger partial charge in [-0.15, -0.1) is 0 Å². The van der Waals surface area contributed by atoms with E-state index in [0.29, 0.717) is 36.0 Å². The molecule has 0 N–H and O–H groups in total. The predicted octanol–water partition coefficient (Wildman–Crippen LogP) is 19.7. The molecule has 13 heteroatoms. The van der Waals surface area contributed by atoms with E-state index in [0.717, 1.165) is 53.8 Å². The van der Waals surface area contributed by atoms with Gasteiger partial charge in [0.05, 0.1) is 31.0 Å². The second-order valence-corrected chi connectivity index (χ2v) is 24.0. The zero-order valence-electron chi connectivity index (χ0n) is 48.6. The van der Waals surface area contributed by atoms with Crippen molar-refractivity contribution in [1.29, 1.82) is 0 Å². The van der Waals surface area contributed by atoms with Crippen LogP contribution < -0.4 is 9.47 Å². The van der Waals surface area contributed by atoms with Gasteiger partial charge in [0.15, 0.2) is 5.58 Å². The molecule has 4 atom stereocenters. The van der Waals surface area contributed by atoms with Crippen LogP contribution in [0.5, 0.6) is 11.5 Å². The highest BCUT2D eigenvalue weighted by molar-refractivity contribution is 8.77. The molecule has 0 saturated heterocycles. The number of hydrogen-bond donors (Lipinski definition) is 0. The lowest BCUT2D eigenvalue weighted by Crippen LogP contribution is -2.26. The summed E-state index contributed by atoms with van der Waals surface area (Å²) in [5, 5.41) is 0.619. The van der Waals surface area contributed by atoms with Crippen LogP contribution in [0.2, 0.25) is 0 Å². The molecule has 77 heavy (non-hydrogen) atoms.